The predicted molar refractivity (Wildman–Crippen MR) is 110 cm³/mol. The van der Waals surface area contributed by atoms with Crippen LogP contribution in [-0.2, 0) is 16.1 Å². The summed E-state index contributed by atoms with van der Waals surface area (Å²) < 4.78 is 12.7. The largest absolute Gasteiger partial charge is 0.394 e. The van der Waals surface area contributed by atoms with Gasteiger partial charge in [0.1, 0.15) is 18.1 Å². The number of nitro benzene ring substituents is 1. The van der Waals surface area contributed by atoms with E-state index in [-0.39, 0.29) is 37.1 Å². The van der Waals surface area contributed by atoms with Crippen LogP contribution in [0.25, 0.3) is 0 Å². The Bertz CT molecular complexity index is 994. The summed E-state index contributed by atoms with van der Waals surface area (Å²) in [5.74, 6) is -0.108. The molecule has 1 aliphatic heterocycles. The van der Waals surface area contributed by atoms with Crippen molar-refractivity contribution >= 4 is 11.5 Å². The second-order valence-corrected chi connectivity index (χ2v) is 7.75. The fraction of sp³-hybridized carbons (Fsp3) is 0.500. The molecule has 168 valence electrons. The number of aliphatic hydroxyl groups excluding tert-OH is 2. The predicted octanol–water partition coefficient (Wildman–Crippen LogP) is 1.29. The van der Waals surface area contributed by atoms with Gasteiger partial charge in [0.15, 0.2) is 0 Å². The number of nitrogens with two attached hydrogens (primary N) is 1. The average molecular weight is 434 g/mol. The van der Waals surface area contributed by atoms with E-state index in [9.17, 15) is 25.1 Å². The molecule has 0 spiro atoms. The fourth-order valence-electron chi connectivity index (χ4n) is 3.60. The molecule has 4 N–H and O–H groups in total. The average Bonchev–Trinajstić information content (AvgIpc) is 3.10. The molecule has 31 heavy (non-hydrogen) atoms. The smallest absolute Gasteiger partial charge is 0.351 e. The number of nitrogen functional groups attached to an aromatic ring is 1. The van der Waals surface area contributed by atoms with Gasteiger partial charge in [0, 0.05) is 24.2 Å². The molecule has 0 bridgehead atoms. The number of hydrogen-bond donors (Lipinski definition) is 3. The summed E-state index contributed by atoms with van der Waals surface area (Å²) in [6, 6.07) is 6.36. The highest BCUT2D eigenvalue weighted by Crippen LogP contribution is 2.34. The summed E-state index contributed by atoms with van der Waals surface area (Å²) in [6.45, 7) is 3.34. The van der Waals surface area contributed by atoms with Gasteiger partial charge in [0.25, 0.3) is 5.69 Å². The van der Waals surface area contributed by atoms with Crippen molar-refractivity contribution in [1.29, 1.82) is 0 Å². The van der Waals surface area contributed by atoms with Crippen molar-refractivity contribution in [2.75, 3.05) is 12.3 Å². The summed E-state index contributed by atoms with van der Waals surface area (Å²) in [5.41, 5.74) is 6.05. The van der Waals surface area contributed by atoms with Gasteiger partial charge in [-0.2, -0.15) is 4.98 Å². The number of nitrogens with zero attached hydrogens (tertiary/aromatic N) is 3. The van der Waals surface area contributed by atoms with Gasteiger partial charge in [-0.25, -0.2) is 4.79 Å². The number of benzene rings is 1. The minimum Gasteiger partial charge on any atom is -0.394 e. The molecule has 11 nitrogen and oxygen atoms in total. The fourth-order valence-corrected chi connectivity index (χ4v) is 3.60. The zero-order chi connectivity index (χ0) is 22.7. The molecule has 3 rings (SSSR count). The highest BCUT2D eigenvalue weighted by atomic mass is 16.6. The SMILES string of the molecule is CC(C)[C@H](OCc1cn([C@H]2C[C@H](O)[C@@H](CO)O2)c(=O)nc1N)c1ccccc1[N+](=O)[O-]. The summed E-state index contributed by atoms with van der Waals surface area (Å²) >= 11 is 0. The molecule has 0 unspecified atom stereocenters. The molecule has 0 saturated carbocycles. The van der Waals surface area contributed by atoms with Crippen LogP contribution in [0.5, 0.6) is 0 Å². The molecule has 1 aromatic heterocycles. The van der Waals surface area contributed by atoms with E-state index in [1.54, 1.807) is 18.2 Å². The molecule has 1 aromatic carbocycles. The first-order valence-corrected chi connectivity index (χ1v) is 9.89. The quantitative estimate of drug-likeness (QED) is 0.410. The van der Waals surface area contributed by atoms with Gasteiger partial charge in [0.05, 0.1) is 35.9 Å². The van der Waals surface area contributed by atoms with Crippen molar-refractivity contribution in [3.8, 4) is 0 Å². The Labute approximate surface area is 178 Å². The van der Waals surface area contributed by atoms with Crippen molar-refractivity contribution < 1.29 is 24.6 Å². The van der Waals surface area contributed by atoms with Crippen LogP contribution in [0.4, 0.5) is 11.5 Å². The van der Waals surface area contributed by atoms with Crippen LogP contribution in [0.1, 0.15) is 43.7 Å². The third kappa shape index (κ3) is 4.90. The Morgan fingerprint density at radius 3 is 2.74 bits per heavy atom. The summed E-state index contributed by atoms with van der Waals surface area (Å²) in [7, 11) is 0. The molecule has 1 fully saturated rings. The van der Waals surface area contributed by atoms with Gasteiger partial charge in [-0.05, 0) is 12.0 Å². The first-order chi connectivity index (χ1) is 14.7. The number of nitro groups is 1. The van der Waals surface area contributed by atoms with Gasteiger partial charge < -0.3 is 25.4 Å². The highest BCUT2D eigenvalue weighted by Gasteiger charge is 2.35. The van der Waals surface area contributed by atoms with Crippen molar-refractivity contribution in [2.24, 2.45) is 5.92 Å². The lowest BCUT2D eigenvalue weighted by Gasteiger charge is -2.23. The third-order valence-corrected chi connectivity index (χ3v) is 5.22. The normalized spacial score (nSPS) is 22.0. The van der Waals surface area contributed by atoms with Crippen LogP contribution < -0.4 is 11.4 Å². The zero-order valence-corrected chi connectivity index (χ0v) is 17.2. The minimum absolute atomic E-state index is 0.0245. The Morgan fingerprint density at radius 2 is 2.13 bits per heavy atom. The third-order valence-electron chi connectivity index (χ3n) is 5.22. The number of anilines is 1. The molecule has 0 amide bonds. The maximum Gasteiger partial charge on any atom is 0.351 e. The number of para-hydroxylation sites is 1. The topological polar surface area (TPSA) is 163 Å². The van der Waals surface area contributed by atoms with Crippen LogP contribution in [0.2, 0.25) is 0 Å². The van der Waals surface area contributed by atoms with E-state index in [1.807, 2.05) is 13.8 Å². The zero-order valence-electron chi connectivity index (χ0n) is 17.2. The number of aliphatic hydroxyl groups is 2. The van der Waals surface area contributed by atoms with E-state index >= 15 is 0 Å². The first-order valence-electron chi connectivity index (χ1n) is 9.89. The number of ether oxygens (including phenoxy) is 2. The van der Waals surface area contributed by atoms with E-state index < -0.39 is 35.2 Å². The molecule has 4 atom stereocenters. The molecular weight excluding hydrogens is 408 g/mol. The van der Waals surface area contributed by atoms with Crippen LogP contribution in [0.15, 0.2) is 35.3 Å². The monoisotopic (exact) mass is 434 g/mol. The standard InChI is InChI=1S/C20H26N4O7/c1-11(2)18(13-5-3-4-6-14(13)24(28)29)30-10-12-8-23(20(27)22-19(12)21)17-7-15(26)16(9-25)31-17/h3-6,8,11,15-18,25-26H,7,9-10H2,1-2H3,(H2,21,22,27)/t15-,16+,17+,18-/m0/s1. The molecule has 1 saturated heterocycles. The van der Waals surface area contributed by atoms with E-state index in [0.29, 0.717) is 11.1 Å². The molecule has 2 heterocycles. The van der Waals surface area contributed by atoms with Crippen molar-refractivity contribution in [3.05, 3.63) is 62.2 Å². The van der Waals surface area contributed by atoms with Gasteiger partial charge in [-0.1, -0.05) is 26.0 Å². The van der Waals surface area contributed by atoms with Crippen LogP contribution in [0.3, 0.4) is 0 Å². The van der Waals surface area contributed by atoms with Crippen molar-refractivity contribution in [3.63, 3.8) is 0 Å². The number of hydrogen-bond acceptors (Lipinski definition) is 9. The van der Waals surface area contributed by atoms with Gasteiger partial charge in [-0.3, -0.25) is 14.7 Å². The molecule has 1 aliphatic rings. The Balaban J connectivity index is 1.85. The first kappa shape index (κ1) is 22.8. The van der Waals surface area contributed by atoms with E-state index in [4.69, 9.17) is 15.2 Å². The van der Waals surface area contributed by atoms with Gasteiger partial charge in [-0.15, -0.1) is 0 Å². The lowest BCUT2D eigenvalue weighted by Crippen LogP contribution is -2.29. The van der Waals surface area contributed by atoms with Crippen LogP contribution in [-0.4, -0.2) is 43.5 Å². The summed E-state index contributed by atoms with van der Waals surface area (Å²) in [4.78, 5) is 27.1. The van der Waals surface area contributed by atoms with Gasteiger partial charge in [0.2, 0.25) is 0 Å². The summed E-state index contributed by atoms with van der Waals surface area (Å²) in [6.07, 6.45) is -1.55. The van der Waals surface area contributed by atoms with E-state index in [0.717, 1.165) is 0 Å². The second kappa shape index (κ2) is 9.52. The minimum atomic E-state index is -0.914. The number of rotatable bonds is 8. The second-order valence-electron chi connectivity index (χ2n) is 7.75. The van der Waals surface area contributed by atoms with Crippen molar-refractivity contribution in [2.45, 2.75) is 51.4 Å². The Hall–Kier alpha value is -2.86. The van der Waals surface area contributed by atoms with E-state index in [1.165, 1.54) is 16.8 Å². The summed E-state index contributed by atoms with van der Waals surface area (Å²) in [5, 5.41) is 30.6. The highest BCUT2D eigenvalue weighted by molar-refractivity contribution is 5.42. The molecule has 2 aromatic rings. The molecule has 11 heteroatoms. The maximum atomic E-state index is 12.3. The van der Waals surface area contributed by atoms with Crippen molar-refractivity contribution in [1.82, 2.24) is 9.55 Å². The van der Waals surface area contributed by atoms with Gasteiger partial charge >= 0.3 is 5.69 Å². The molecular formula is C20H26N4O7. The van der Waals surface area contributed by atoms with Crippen LogP contribution in [0, 0.1) is 16.0 Å². The van der Waals surface area contributed by atoms with Crippen LogP contribution >= 0.6 is 0 Å². The molecule has 0 aliphatic carbocycles. The lowest BCUT2D eigenvalue weighted by atomic mass is 9.97. The Kier molecular flexibility index (Phi) is 7.01. The van der Waals surface area contributed by atoms with E-state index in [2.05, 4.69) is 4.98 Å². The lowest BCUT2D eigenvalue weighted by molar-refractivity contribution is -0.386. The Morgan fingerprint density at radius 1 is 1.42 bits per heavy atom. The molecule has 0 radical (unpaired) electrons. The maximum absolute atomic E-state index is 12.3. The number of aromatic nitrogens is 2.